The minimum atomic E-state index is -0.551. The van der Waals surface area contributed by atoms with E-state index in [9.17, 15) is 14.7 Å². The third-order valence-electron chi connectivity index (χ3n) is 4.92. The fourth-order valence-corrected chi connectivity index (χ4v) is 3.30. The predicted molar refractivity (Wildman–Crippen MR) is 96.8 cm³/mol. The highest BCUT2D eigenvalue weighted by Gasteiger charge is 2.30. The summed E-state index contributed by atoms with van der Waals surface area (Å²) in [5.74, 6) is 0.494. The number of carbonyl (C=O) groups excluding carboxylic acids is 2. The summed E-state index contributed by atoms with van der Waals surface area (Å²) in [5.41, 5.74) is 5.53. The molecule has 3 rings (SSSR count). The second kappa shape index (κ2) is 8.51. The van der Waals surface area contributed by atoms with Gasteiger partial charge < -0.3 is 25.8 Å². The highest BCUT2D eigenvalue weighted by atomic mass is 16.5. The lowest BCUT2D eigenvalue weighted by molar-refractivity contribution is -0.119. The number of hydrogen-bond donors (Lipinski definition) is 3. The zero-order valence-electron chi connectivity index (χ0n) is 14.9. The van der Waals surface area contributed by atoms with Crippen LogP contribution in [0.15, 0.2) is 24.3 Å². The number of hydrogen-bond acceptors (Lipinski definition) is 5. The Morgan fingerprint density at radius 1 is 1.23 bits per heavy atom. The molecule has 142 valence electrons. The van der Waals surface area contributed by atoms with E-state index in [1.165, 1.54) is 12.8 Å². The number of nitrogens with one attached hydrogen (secondary N) is 1. The molecule has 2 aliphatic rings. The smallest absolute Gasteiger partial charge is 0.255 e. The Balaban J connectivity index is 1.56. The molecule has 2 amide bonds. The summed E-state index contributed by atoms with van der Waals surface area (Å²) in [7, 11) is 0. The number of likely N-dealkylation sites (tertiary alicyclic amines) is 1. The van der Waals surface area contributed by atoms with Gasteiger partial charge in [0.15, 0.2) is 6.61 Å². The zero-order chi connectivity index (χ0) is 18.5. The van der Waals surface area contributed by atoms with Crippen molar-refractivity contribution in [2.45, 2.75) is 37.8 Å². The van der Waals surface area contributed by atoms with E-state index in [2.05, 4.69) is 10.2 Å². The van der Waals surface area contributed by atoms with E-state index in [-0.39, 0.29) is 18.6 Å². The molecule has 1 heterocycles. The number of rotatable bonds is 7. The molecule has 2 atom stereocenters. The molecule has 7 heteroatoms. The number of aliphatic hydroxyl groups is 1. The molecule has 1 aromatic carbocycles. The fraction of sp³-hybridized carbons (Fsp3) is 0.579. The maximum Gasteiger partial charge on any atom is 0.255 e. The summed E-state index contributed by atoms with van der Waals surface area (Å²) in [4.78, 5) is 25.6. The molecule has 0 bridgehead atoms. The van der Waals surface area contributed by atoms with Gasteiger partial charge in [0, 0.05) is 18.7 Å². The van der Waals surface area contributed by atoms with Crippen molar-refractivity contribution in [2.75, 3.05) is 26.2 Å². The van der Waals surface area contributed by atoms with E-state index in [1.54, 1.807) is 24.3 Å². The average Bonchev–Trinajstić information content (AvgIpc) is 3.44. The third-order valence-corrected chi connectivity index (χ3v) is 4.92. The molecule has 1 aliphatic carbocycles. The minimum absolute atomic E-state index is 0.198. The third kappa shape index (κ3) is 5.44. The van der Waals surface area contributed by atoms with Gasteiger partial charge in [-0.2, -0.15) is 0 Å². The Morgan fingerprint density at radius 2 is 1.96 bits per heavy atom. The Bertz CT molecular complexity index is 630. The van der Waals surface area contributed by atoms with Crippen LogP contribution < -0.4 is 15.8 Å². The standard InChI is InChI=1S/C19H27N3O4/c20-18(24)12-26-15-7-5-14(6-8-15)19(25)21-16-11-22(10-13-3-4-13)9-1-2-17(16)23/h5-8,13,16-17,23H,1-4,9-12H2,(H2,20,24)(H,21,25)/t16-,17-/m1/s1. The van der Waals surface area contributed by atoms with Gasteiger partial charge >= 0.3 is 0 Å². The van der Waals surface area contributed by atoms with Crippen molar-refractivity contribution in [2.24, 2.45) is 11.7 Å². The molecule has 1 aromatic rings. The summed E-state index contributed by atoms with van der Waals surface area (Å²) in [5, 5.41) is 13.3. The van der Waals surface area contributed by atoms with E-state index in [0.29, 0.717) is 24.3 Å². The summed E-state index contributed by atoms with van der Waals surface area (Å²) in [6.45, 7) is 2.52. The number of aliphatic hydroxyl groups excluding tert-OH is 1. The predicted octanol–water partition coefficient (Wildman–Crippen LogP) is 0.516. The van der Waals surface area contributed by atoms with Crippen molar-refractivity contribution in [3.8, 4) is 5.75 Å². The second-order valence-corrected chi connectivity index (χ2v) is 7.27. The number of nitrogens with two attached hydrogens (primary N) is 1. The molecule has 1 saturated heterocycles. The van der Waals surface area contributed by atoms with Crippen LogP contribution in [0.1, 0.15) is 36.0 Å². The number of primary amides is 1. The van der Waals surface area contributed by atoms with Crippen molar-refractivity contribution in [1.29, 1.82) is 0 Å². The van der Waals surface area contributed by atoms with Gasteiger partial charge in [-0.25, -0.2) is 0 Å². The molecule has 0 spiro atoms. The zero-order valence-corrected chi connectivity index (χ0v) is 14.9. The first-order chi connectivity index (χ1) is 12.5. The highest BCUT2D eigenvalue weighted by Crippen LogP contribution is 2.30. The fourth-order valence-electron chi connectivity index (χ4n) is 3.30. The van der Waals surface area contributed by atoms with Crippen LogP contribution in [0.5, 0.6) is 5.75 Å². The largest absolute Gasteiger partial charge is 0.484 e. The van der Waals surface area contributed by atoms with E-state index >= 15 is 0 Å². The summed E-state index contributed by atoms with van der Waals surface area (Å²) in [6.07, 6.45) is 3.71. The van der Waals surface area contributed by atoms with Crippen molar-refractivity contribution >= 4 is 11.8 Å². The van der Waals surface area contributed by atoms with Gasteiger partial charge in [0.05, 0.1) is 12.1 Å². The van der Waals surface area contributed by atoms with E-state index < -0.39 is 12.0 Å². The van der Waals surface area contributed by atoms with E-state index in [1.807, 2.05) is 0 Å². The van der Waals surface area contributed by atoms with Crippen LogP contribution in [-0.2, 0) is 4.79 Å². The van der Waals surface area contributed by atoms with Gasteiger partial charge in [-0.3, -0.25) is 9.59 Å². The minimum Gasteiger partial charge on any atom is -0.484 e. The van der Waals surface area contributed by atoms with Crippen LogP contribution in [0.4, 0.5) is 0 Å². The van der Waals surface area contributed by atoms with Crippen LogP contribution in [0.2, 0.25) is 0 Å². The van der Waals surface area contributed by atoms with Gasteiger partial charge in [-0.1, -0.05) is 0 Å². The quantitative estimate of drug-likeness (QED) is 0.657. The number of nitrogens with zero attached hydrogens (tertiary/aromatic N) is 1. The highest BCUT2D eigenvalue weighted by molar-refractivity contribution is 5.94. The topological polar surface area (TPSA) is 105 Å². The second-order valence-electron chi connectivity index (χ2n) is 7.27. The maximum atomic E-state index is 12.5. The van der Waals surface area contributed by atoms with Gasteiger partial charge in [-0.15, -0.1) is 0 Å². The number of benzene rings is 1. The average molecular weight is 361 g/mol. The molecule has 7 nitrogen and oxygen atoms in total. The van der Waals surface area contributed by atoms with E-state index in [4.69, 9.17) is 10.5 Å². The maximum absolute atomic E-state index is 12.5. The van der Waals surface area contributed by atoms with Crippen LogP contribution in [0.3, 0.4) is 0 Å². The Kier molecular flexibility index (Phi) is 6.11. The first-order valence-corrected chi connectivity index (χ1v) is 9.23. The number of ether oxygens (including phenoxy) is 1. The molecular formula is C19H27N3O4. The number of amides is 2. The first-order valence-electron chi connectivity index (χ1n) is 9.23. The van der Waals surface area contributed by atoms with Gasteiger partial charge in [0.25, 0.3) is 11.8 Å². The molecule has 0 unspecified atom stereocenters. The number of carbonyl (C=O) groups is 2. The summed E-state index contributed by atoms with van der Waals surface area (Å²) in [6, 6.07) is 6.25. The van der Waals surface area contributed by atoms with Crippen LogP contribution in [-0.4, -0.2) is 60.2 Å². The molecule has 0 radical (unpaired) electrons. The SMILES string of the molecule is NC(=O)COc1ccc(C(=O)N[C@@H]2CN(CC3CC3)CCC[C@H]2O)cc1. The lowest BCUT2D eigenvalue weighted by Gasteiger charge is -2.27. The monoisotopic (exact) mass is 361 g/mol. The molecule has 2 fully saturated rings. The Hall–Kier alpha value is -2.12. The van der Waals surface area contributed by atoms with Crippen LogP contribution >= 0.6 is 0 Å². The summed E-state index contributed by atoms with van der Waals surface area (Å²) < 4.78 is 5.19. The van der Waals surface area contributed by atoms with Crippen molar-refractivity contribution < 1.29 is 19.4 Å². The lowest BCUT2D eigenvalue weighted by atomic mass is 10.1. The molecule has 4 N–H and O–H groups in total. The van der Waals surface area contributed by atoms with Gasteiger partial charge in [0.2, 0.25) is 0 Å². The first kappa shape index (κ1) is 18.7. The molecular weight excluding hydrogens is 334 g/mol. The van der Waals surface area contributed by atoms with E-state index in [0.717, 1.165) is 25.4 Å². The Labute approximate surface area is 153 Å². The normalized spacial score (nSPS) is 23.9. The van der Waals surface area contributed by atoms with Crippen LogP contribution in [0.25, 0.3) is 0 Å². The van der Waals surface area contributed by atoms with Gasteiger partial charge in [0.1, 0.15) is 5.75 Å². The van der Waals surface area contributed by atoms with Gasteiger partial charge in [-0.05, 0) is 62.4 Å². The lowest BCUT2D eigenvalue weighted by Crippen LogP contribution is -2.49. The van der Waals surface area contributed by atoms with Crippen LogP contribution in [0, 0.1) is 5.92 Å². The van der Waals surface area contributed by atoms with Crippen molar-refractivity contribution in [3.05, 3.63) is 29.8 Å². The summed E-state index contributed by atoms with van der Waals surface area (Å²) >= 11 is 0. The Morgan fingerprint density at radius 3 is 2.62 bits per heavy atom. The molecule has 26 heavy (non-hydrogen) atoms. The molecule has 1 saturated carbocycles. The van der Waals surface area contributed by atoms with Crippen molar-refractivity contribution in [3.63, 3.8) is 0 Å². The molecule has 0 aromatic heterocycles. The van der Waals surface area contributed by atoms with Crippen molar-refractivity contribution in [1.82, 2.24) is 10.2 Å². The molecule has 1 aliphatic heterocycles.